The van der Waals surface area contributed by atoms with E-state index in [1.165, 1.54) is 16.3 Å². The molecule has 5 heteroatoms. The van der Waals surface area contributed by atoms with Crippen molar-refractivity contribution in [3.05, 3.63) is 16.1 Å². The third-order valence-corrected chi connectivity index (χ3v) is 3.77. The molecule has 1 aliphatic heterocycles. The molecule has 0 bridgehead atoms. The first-order valence-corrected chi connectivity index (χ1v) is 7.14. The van der Waals surface area contributed by atoms with E-state index >= 15 is 0 Å². The maximum Gasteiger partial charge on any atom is 0.107 e. The van der Waals surface area contributed by atoms with Crippen LogP contribution in [-0.2, 0) is 17.8 Å². The summed E-state index contributed by atoms with van der Waals surface area (Å²) >= 11 is 1.82. The van der Waals surface area contributed by atoms with Crippen molar-refractivity contribution in [2.75, 3.05) is 32.8 Å². The van der Waals surface area contributed by atoms with Crippen molar-refractivity contribution in [2.45, 2.75) is 26.4 Å². The lowest BCUT2D eigenvalue weighted by Gasteiger charge is -2.25. The van der Waals surface area contributed by atoms with Gasteiger partial charge in [-0.1, -0.05) is 6.92 Å². The number of thiazole rings is 1. The first-order chi connectivity index (χ1) is 8.38. The molecule has 1 aromatic heterocycles. The Hall–Kier alpha value is -0.490. The van der Waals surface area contributed by atoms with Crippen LogP contribution < -0.4 is 5.32 Å². The van der Waals surface area contributed by atoms with Gasteiger partial charge in [-0.25, -0.2) is 4.98 Å². The van der Waals surface area contributed by atoms with Gasteiger partial charge in [-0.05, 0) is 13.0 Å². The predicted molar refractivity (Wildman–Crippen MR) is 70.2 cm³/mol. The van der Waals surface area contributed by atoms with Crippen LogP contribution in [-0.4, -0.2) is 42.7 Å². The monoisotopic (exact) mass is 255 g/mol. The molecule has 2 rings (SSSR count). The van der Waals surface area contributed by atoms with E-state index in [2.05, 4.69) is 22.1 Å². The smallest absolute Gasteiger partial charge is 0.107 e. The molecule has 0 radical (unpaired) electrons. The Bertz CT molecular complexity index is 323. The van der Waals surface area contributed by atoms with Crippen LogP contribution in [0.5, 0.6) is 0 Å². The van der Waals surface area contributed by atoms with E-state index in [-0.39, 0.29) is 0 Å². The van der Waals surface area contributed by atoms with Gasteiger partial charge < -0.3 is 10.1 Å². The first-order valence-electron chi connectivity index (χ1n) is 6.33. The van der Waals surface area contributed by atoms with Crippen LogP contribution in [0.25, 0.3) is 0 Å². The van der Waals surface area contributed by atoms with Crippen LogP contribution in [0.4, 0.5) is 0 Å². The standard InChI is InChI=1S/C12H21N3OS/c1-2-3-13-8-11-9-14-12(17-11)10-15-4-6-16-7-5-15/h9,13H,2-8,10H2,1H3. The molecule has 0 saturated carbocycles. The van der Waals surface area contributed by atoms with Gasteiger partial charge in [0.15, 0.2) is 0 Å². The number of nitrogens with one attached hydrogen (secondary N) is 1. The topological polar surface area (TPSA) is 37.4 Å². The number of hydrogen-bond donors (Lipinski definition) is 1. The molecule has 1 N–H and O–H groups in total. The highest BCUT2D eigenvalue weighted by Crippen LogP contribution is 2.15. The van der Waals surface area contributed by atoms with Gasteiger partial charge in [0.1, 0.15) is 5.01 Å². The lowest BCUT2D eigenvalue weighted by atomic mass is 10.4. The van der Waals surface area contributed by atoms with Gasteiger partial charge in [0.2, 0.25) is 0 Å². The highest BCUT2D eigenvalue weighted by atomic mass is 32.1. The molecule has 4 nitrogen and oxygen atoms in total. The van der Waals surface area contributed by atoms with Gasteiger partial charge in [-0.3, -0.25) is 4.90 Å². The summed E-state index contributed by atoms with van der Waals surface area (Å²) in [6.07, 6.45) is 3.18. The van der Waals surface area contributed by atoms with E-state index in [9.17, 15) is 0 Å². The van der Waals surface area contributed by atoms with Crippen LogP contribution in [0.15, 0.2) is 6.20 Å². The van der Waals surface area contributed by atoms with Crippen molar-refractivity contribution in [3.63, 3.8) is 0 Å². The predicted octanol–water partition coefficient (Wildman–Crippen LogP) is 1.47. The minimum absolute atomic E-state index is 0.857. The summed E-state index contributed by atoms with van der Waals surface area (Å²) in [4.78, 5) is 8.23. The van der Waals surface area contributed by atoms with Crippen molar-refractivity contribution in [3.8, 4) is 0 Å². The maximum atomic E-state index is 5.34. The Morgan fingerprint density at radius 2 is 2.29 bits per heavy atom. The molecule has 2 heterocycles. The fourth-order valence-corrected chi connectivity index (χ4v) is 2.78. The minimum Gasteiger partial charge on any atom is -0.379 e. The lowest BCUT2D eigenvalue weighted by molar-refractivity contribution is 0.0341. The Balaban J connectivity index is 1.76. The van der Waals surface area contributed by atoms with E-state index in [0.717, 1.165) is 45.9 Å². The average molecular weight is 255 g/mol. The summed E-state index contributed by atoms with van der Waals surface area (Å²) in [6.45, 7) is 8.97. The Morgan fingerprint density at radius 3 is 3.06 bits per heavy atom. The summed E-state index contributed by atoms with van der Waals surface area (Å²) < 4.78 is 5.34. The van der Waals surface area contributed by atoms with Crippen LogP contribution in [0.1, 0.15) is 23.2 Å². The number of ether oxygens (including phenoxy) is 1. The molecular weight excluding hydrogens is 234 g/mol. The molecule has 17 heavy (non-hydrogen) atoms. The number of hydrogen-bond acceptors (Lipinski definition) is 5. The normalized spacial score (nSPS) is 17.5. The molecule has 0 amide bonds. The van der Waals surface area contributed by atoms with Crippen LogP contribution in [0.3, 0.4) is 0 Å². The lowest BCUT2D eigenvalue weighted by Crippen LogP contribution is -2.35. The molecule has 0 unspecified atom stereocenters. The molecule has 1 saturated heterocycles. The van der Waals surface area contributed by atoms with Gasteiger partial charge in [-0.15, -0.1) is 11.3 Å². The summed E-state index contributed by atoms with van der Waals surface area (Å²) in [6, 6.07) is 0. The van der Waals surface area contributed by atoms with E-state index in [4.69, 9.17) is 4.74 Å². The van der Waals surface area contributed by atoms with Crippen molar-refractivity contribution in [1.29, 1.82) is 0 Å². The Labute approximate surface area is 107 Å². The summed E-state index contributed by atoms with van der Waals surface area (Å²) in [5.41, 5.74) is 0. The maximum absolute atomic E-state index is 5.34. The van der Waals surface area contributed by atoms with Crippen LogP contribution in [0.2, 0.25) is 0 Å². The number of nitrogens with zero attached hydrogens (tertiary/aromatic N) is 2. The largest absolute Gasteiger partial charge is 0.379 e. The molecule has 1 fully saturated rings. The second kappa shape index (κ2) is 7.06. The number of rotatable bonds is 6. The second-order valence-electron chi connectivity index (χ2n) is 4.29. The van der Waals surface area contributed by atoms with Crippen molar-refractivity contribution >= 4 is 11.3 Å². The molecule has 0 aromatic carbocycles. The number of aromatic nitrogens is 1. The van der Waals surface area contributed by atoms with E-state index in [0.29, 0.717) is 0 Å². The third kappa shape index (κ3) is 4.35. The van der Waals surface area contributed by atoms with Crippen molar-refractivity contribution in [2.24, 2.45) is 0 Å². The van der Waals surface area contributed by atoms with E-state index < -0.39 is 0 Å². The average Bonchev–Trinajstić information content (AvgIpc) is 2.79. The SMILES string of the molecule is CCCNCc1cnc(CN2CCOCC2)s1. The molecule has 0 atom stereocenters. The summed E-state index contributed by atoms with van der Waals surface area (Å²) in [7, 11) is 0. The molecule has 0 aliphatic carbocycles. The summed E-state index contributed by atoms with van der Waals surface area (Å²) in [5, 5.41) is 4.63. The van der Waals surface area contributed by atoms with Gasteiger partial charge in [0, 0.05) is 30.7 Å². The zero-order valence-electron chi connectivity index (χ0n) is 10.4. The summed E-state index contributed by atoms with van der Waals surface area (Å²) in [5.74, 6) is 0. The van der Waals surface area contributed by atoms with Gasteiger partial charge in [0.25, 0.3) is 0 Å². The zero-order chi connectivity index (χ0) is 11.9. The fraction of sp³-hybridized carbons (Fsp3) is 0.750. The molecule has 1 aromatic rings. The Kier molecular flexibility index (Phi) is 5.38. The molecule has 1 aliphatic rings. The first kappa shape index (κ1) is 13.0. The molecule has 96 valence electrons. The molecular formula is C12H21N3OS. The van der Waals surface area contributed by atoms with Gasteiger partial charge in [0.05, 0.1) is 19.8 Å². The highest BCUT2D eigenvalue weighted by molar-refractivity contribution is 7.11. The number of morpholine rings is 1. The quantitative estimate of drug-likeness (QED) is 0.781. The van der Waals surface area contributed by atoms with E-state index in [1.807, 2.05) is 17.5 Å². The van der Waals surface area contributed by atoms with Crippen molar-refractivity contribution in [1.82, 2.24) is 15.2 Å². The third-order valence-electron chi connectivity index (χ3n) is 2.79. The Morgan fingerprint density at radius 1 is 1.47 bits per heavy atom. The highest BCUT2D eigenvalue weighted by Gasteiger charge is 2.12. The second-order valence-corrected chi connectivity index (χ2v) is 5.49. The van der Waals surface area contributed by atoms with Crippen LogP contribution >= 0.6 is 11.3 Å². The van der Waals surface area contributed by atoms with Gasteiger partial charge in [-0.2, -0.15) is 0 Å². The fourth-order valence-electron chi connectivity index (χ4n) is 1.84. The molecule has 0 spiro atoms. The van der Waals surface area contributed by atoms with Crippen molar-refractivity contribution < 1.29 is 4.74 Å². The van der Waals surface area contributed by atoms with Gasteiger partial charge >= 0.3 is 0 Å². The van der Waals surface area contributed by atoms with E-state index in [1.54, 1.807) is 0 Å². The minimum atomic E-state index is 0.857. The zero-order valence-corrected chi connectivity index (χ0v) is 11.3. The van der Waals surface area contributed by atoms with Crippen LogP contribution in [0, 0.1) is 0 Å².